The van der Waals surface area contributed by atoms with Crippen molar-refractivity contribution in [2.75, 3.05) is 20.3 Å². The van der Waals surface area contributed by atoms with Crippen LogP contribution in [0.25, 0.3) is 0 Å². The van der Waals surface area contributed by atoms with Crippen LogP contribution in [0.1, 0.15) is 46.0 Å². The molecule has 0 heterocycles. The Morgan fingerprint density at radius 2 is 2.00 bits per heavy atom. The predicted octanol–water partition coefficient (Wildman–Crippen LogP) is 2.09. The fraction of sp³-hybridized carbons (Fsp3) is 1.00. The lowest BCUT2D eigenvalue weighted by molar-refractivity contribution is -0.118. The van der Waals surface area contributed by atoms with E-state index in [4.69, 9.17) is 15.2 Å². The Morgan fingerprint density at radius 3 is 2.40 bits per heavy atom. The Morgan fingerprint density at radius 1 is 1.33 bits per heavy atom. The van der Waals surface area contributed by atoms with Gasteiger partial charge in [0, 0.05) is 7.11 Å². The second kappa shape index (κ2) is 5.28. The van der Waals surface area contributed by atoms with Gasteiger partial charge in [-0.25, -0.2) is 0 Å². The topological polar surface area (TPSA) is 44.5 Å². The number of hydrogen-bond donors (Lipinski definition) is 1. The molecule has 0 aromatic rings. The normalized spacial score (nSPS) is 20.0. The highest BCUT2D eigenvalue weighted by Gasteiger charge is 2.37. The summed E-state index contributed by atoms with van der Waals surface area (Å²) >= 11 is 0. The van der Waals surface area contributed by atoms with Crippen molar-refractivity contribution >= 4 is 0 Å². The van der Waals surface area contributed by atoms with E-state index in [-0.39, 0.29) is 11.2 Å². The van der Waals surface area contributed by atoms with Crippen molar-refractivity contribution in [2.24, 2.45) is 5.73 Å². The number of rotatable bonds is 7. The molecule has 0 amide bonds. The van der Waals surface area contributed by atoms with E-state index in [2.05, 4.69) is 13.8 Å². The minimum atomic E-state index is -0.0757. The van der Waals surface area contributed by atoms with Crippen LogP contribution in [0.5, 0.6) is 0 Å². The van der Waals surface area contributed by atoms with Crippen LogP contribution in [0.15, 0.2) is 0 Å². The van der Waals surface area contributed by atoms with Gasteiger partial charge in [0.25, 0.3) is 0 Å². The zero-order valence-corrected chi connectivity index (χ0v) is 10.3. The molecule has 0 bridgehead atoms. The van der Waals surface area contributed by atoms with Crippen molar-refractivity contribution in [3.8, 4) is 0 Å². The standard InChI is InChI=1S/C12H25NO2/c1-11(2,14-3)8-10-15-12(7-9-13)5-4-6-12/h4-10,13H2,1-3H3. The lowest BCUT2D eigenvalue weighted by atomic mass is 9.77. The summed E-state index contributed by atoms with van der Waals surface area (Å²) in [5.74, 6) is 0. The Kier molecular flexibility index (Phi) is 4.56. The van der Waals surface area contributed by atoms with Gasteiger partial charge in [0.2, 0.25) is 0 Å². The van der Waals surface area contributed by atoms with Crippen LogP contribution in [-0.2, 0) is 9.47 Å². The second-order valence-corrected chi connectivity index (χ2v) is 5.14. The van der Waals surface area contributed by atoms with Crippen molar-refractivity contribution in [1.82, 2.24) is 0 Å². The first kappa shape index (κ1) is 12.9. The summed E-state index contributed by atoms with van der Waals surface area (Å²) in [7, 11) is 1.75. The average Bonchev–Trinajstić information content (AvgIpc) is 2.14. The second-order valence-electron chi connectivity index (χ2n) is 5.14. The van der Waals surface area contributed by atoms with Crippen molar-refractivity contribution < 1.29 is 9.47 Å². The van der Waals surface area contributed by atoms with E-state index in [1.807, 2.05) is 0 Å². The Labute approximate surface area is 93.3 Å². The Hall–Kier alpha value is -0.120. The average molecular weight is 215 g/mol. The predicted molar refractivity (Wildman–Crippen MR) is 61.9 cm³/mol. The first-order valence-electron chi connectivity index (χ1n) is 5.93. The molecule has 0 radical (unpaired) electrons. The van der Waals surface area contributed by atoms with Gasteiger partial charge < -0.3 is 15.2 Å². The zero-order chi connectivity index (χ0) is 11.4. The number of ether oxygens (including phenoxy) is 2. The van der Waals surface area contributed by atoms with Crippen molar-refractivity contribution in [3.63, 3.8) is 0 Å². The molecule has 0 unspecified atom stereocenters. The molecule has 0 aromatic heterocycles. The molecule has 0 aromatic carbocycles. The van der Waals surface area contributed by atoms with Gasteiger partial charge in [-0.3, -0.25) is 0 Å². The molecular weight excluding hydrogens is 190 g/mol. The molecular formula is C12H25NO2. The van der Waals surface area contributed by atoms with Crippen LogP contribution in [0, 0.1) is 0 Å². The van der Waals surface area contributed by atoms with Gasteiger partial charge in [0.1, 0.15) is 0 Å². The molecule has 15 heavy (non-hydrogen) atoms. The highest BCUT2D eigenvalue weighted by Crippen LogP contribution is 2.38. The quantitative estimate of drug-likeness (QED) is 0.707. The lowest BCUT2D eigenvalue weighted by Gasteiger charge is -2.42. The van der Waals surface area contributed by atoms with Gasteiger partial charge in [0.05, 0.1) is 17.8 Å². The first-order chi connectivity index (χ1) is 7.04. The maximum absolute atomic E-state index is 5.98. The minimum absolute atomic E-state index is 0.0757. The fourth-order valence-electron chi connectivity index (χ4n) is 1.92. The van der Waals surface area contributed by atoms with E-state index in [1.165, 1.54) is 19.3 Å². The fourth-order valence-corrected chi connectivity index (χ4v) is 1.92. The van der Waals surface area contributed by atoms with E-state index in [0.717, 1.165) is 26.0 Å². The summed E-state index contributed by atoms with van der Waals surface area (Å²) in [6, 6.07) is 0. The van der Waals surface area contributed by atoms with Crippen LogP contribution in [-0.4, -0.2) is 31.5 Å². The van der Waals surface area contributed by atoms with Gasteiger partial charge >= 0.3 is 0 Å². The molecule has 1 rings (SSSR count). The molecule has 0 spiro atoms. The monoisotopic (exact) mass is 215 g/mol. The SMILES string of the molecule is COC(C)(C)CCOC1(CCN)CCC1. The summed E-state index contributed by atoms with van der Waals surface area (Å²) < 4.78 is 11.3. The van der Waals surface area contributed by atoms with Gasteiger partial charge in [-0.05, 0) is 52.5 Å². The zero-order valence-electron chi connectivity index (χ0n) is 10.3. The number of nitrogens with two attached hydrogens (primary N) is 1. The smallest absolute Gasteiger partial charge is 0.0694 e. The molecule has 2 N–H and O–H groups in total. The first-order valence-corrected chi connectivity index (χ1v) is 5.93. The summed E-state index contributed by atoms with van der Waals surface area (Å²) in [6.45, 7) is 5.69. The van der Waals surface area contributed by atoms with Crippen LogP contribution >= 0.6 is 0 Å². The van der Waals surface area contributed by atoms with Crippen molar-refractivity contribution in [1.29, 1.82) is 0 Å². The molecule has 0 atom stereocenters. The largest absolute Gasteiger partial charge is 0.379 e. The van der Waals surface area contributed by atoms with Gasteiger partial charge in [-0.1, -0.05) is 0 Å². The van der Waals surface area contributed by atoms with Crippen LogP contribution in [0.3, 0.4) is 0 Å². The Balaban J connectivity index is 2.23. The van der Waals surface area contributed by atoms with Crippen LogP contribution in [0.2, 0.25) is 0 Å². The molecule has 3 nitrogen and oxygen atoms in total. The third kappa shape index (κ3) is 3.74. The van der Waals surface area contributed by atoms with Crippen molar-refractivity contribution in [2.45, 2.75) is 57.2 Å². The number of methoxy groups -OCH3 is 1. The summed E-state index contributed by atoms with van der Waals surface area (Å²) in [5.41, 5.74) is 5.64. The Bertz CT molecular complexity index is 188. The highest BCUT2D eigenvalue weighted by atomic mass is 16.5. The molecule has 0 aliphatic heterocycles. The van der Waals surface area contributed by atoms with E-state index in [1.54, 1.807) is 7.11 Å². The third-order valence-electron chi connectivity index (χ3n) is 3.53. The maximum atomic E-state index is 5.98. The number of hydrogen-bond acceptors (Lipinski definition) is 3. The summed E-state index contributed by atoms with van der Waals surface area (Å²) in [5, 5.41) is 0. The lowest BCUT2D eigenvalue weighted by Crippen LogP contribution is -2.43. The van der Waals surface area contributed by atoms with E-state index in [0.29, 0.717) is 0 Å². The van der Waals surface area contributed by atoms with E-state index < -0.39 is 0 Å². The molecule has 1 saturated carbocycles. The van der Waals surface area contributed by atoms with Gasteiger partial charge in [0.15, 0.2) is 0 Å². The van der Waals surface area contributed by atoms with Gasteiger partial charge in [-0.15, -0.1) is 0 Å². The molecule has 1 aliphatic carbocycles. The highest BCUT2D eigenvalue weighted by molar-refractivity contribution is 4.90. The molecule has 0 saturated heterocycles. The molecule has 90 valence electrons. The van der Waals surface area contributed by atoms with E-state index >= 15 is 0 Å². The van der Waals surface area contributed by atoms with Crippen molar-refractivity contribution in [3.05, 3.63) is 0 Å². The molecule has 1 aliphatic rings. The molecule has 3 heteroatoms. The minimum Gasteiger partial charge on any atom is -0.379 e. The molecule has 1 fully saturated rings. The van der Waals surface area contributed by atoms with Crippen LogP contribution in [0.4, 0.5) is 0 Å². The maximum Gasteiger partial charge on any atom is 0.0694 e. The van der Waals surface area contributed by atoms with Gasteiger partial charge in [-0.2, -0.15) is 0 Å². The third-order valence-corrected chi connectivity index (χ3v) is 3.53. The summed E-state index contributed by atoms with van der Waals surface area (Å²) in [4.78, 5) is 0. The van der Waals surface area contributed by atoms with Crippen LogP contribution < -0.4 is 5.73 Å². The summed E-state index contributed by atoms with van der Waals surface area (Å²) in [6.07, 6.45) is 5.58. The van der Waals surface area contributed by atoms with E-state index in [9.17, 15) is 0 Å².